The third-order valence-corrected chi connectivity index (χ3v) is 3.70. The molecule has 96 valence electrons. The first-order chi connectivity index (χ1) is 7.87. The summed E-state index contributed by atoms with van der Waals surface area (Å²) in [5.41, 5.74) is 0.607. The van der Waals surface area contributed by atoms with Gasteiger partial charge in [-0.05, 0) is 27.7 Å². The van der Waals surface area contributed by atoms with Crippen LogP contribution in [0.3, 0.4) is 0 Å². The smallest absolute Gasteiger partial charge is 0.185 e. The SMILES string of the molecule is CC1CN(c2nc(C(C)O)cs2)CC(C)(C)O1. The van der Waals surface area contributed by atoms with E-state index in [2.05, 4.69) is 30.7 Å². The minimum Gasteiger partial charge on any atom is -0.387 e. The molecule has 0 radical (unpaired) electrons. The molecule has 2 atom stereocenters. The number of thiazole rings is 1. The molecule has 1 aromatic rings. The summed E-state index contributed by atoms with van der Waals surface area (Å²) in [6.45, 7) is 9.71. The largest absolute Gasteiger partial charge is 0.387 e. The van der Waals surface area contributed by atoms with Crippen molar-refractivity contribution in [1.29, 1.82) is 0 Å². The lowest BCUT2D eigenvalue weighted by molar-refractivity contribution is -0.0749. The van der Waals surface area contributed by atoms with Crippen LogP contribution in [0.15, 0.2) is 5.38 Å². The third kappa shape index (κ3) is 2.97. The van der Waals surface area contributed by atoms with Gasteiger partial charge in [-0.1, -0.05) is 0 Å². The summed E-state index contributed by atoms with van der Waals surface area (Å²) in [6, 6.07) is 0. The molecule has 1 N–H and O–H groups in total. The third-order valence-electron chi connectivity index (χ3n) is 2.78. The van der Waals surface area contributed by atoms with Crippen molar-refractivity contribution < 1.29 is 9.84 Å². The van der Waals surface area contributed by atoms with Gasteiger partial charge in [0.15, 0.2) is 5.13 Å². The van der Waals surface area contributed by atoms with E-state index in [4.69, 9.17) is 4.74 Å². The van der Waals surface area contributed by atoms with Gasteiger partial charge in [0.25, 0.3) is 0 Å². The molecule has 0 spiro atoms. The number of hydrogen-bond acceptors (Lipinski definition) is 5. The molecule has 1 aliphatic rings. The molecule has 2 heterocycles. The minimum absolute atomic E-state index is 0.145. The second-order valence-corrected chi connectivity index (χ2v) is 6.14. The second kappa shape index (κ2) is 4.55. The lowest BCUT2D eigenvalue weighted by atomic mass is 10.1. The van der Waals surface area contributed by atoms with Crippen LogP contribution in [0.5, 0.6) is 0 Å². The van der Waals surface area contributed by atoms with Crippen LogP contribution in [0.2, 0.25) is 0 Å². The van der Waals surface area contributed by atoms with Crippen LogP contribution in [-0.4, -0.2) is 34.9 Å². The maximum absolute atomic E-state index is 9.49. The fourth-order valence-corrected chi connectivity index (χ4v) is 3.13. The summed E-state index contributed by atoms with van der Waals surface area (Å²) in [5, 5.41) is 12.4. The van der Waals surface area contributed by atoms with E-state index in [9.17, 15) is 5.11 Å². The number of aromatic nitrogens is 1. The highest BCUT2D eigenvalue weighted by Crippen LogP contribution is 2.29. The van der Waals surface area contributed by atoms with Gasteiger partial charge < -0.3 is 14.7 Å². The summed E-state index contributed by atoms with van der Waals surface area (Å²) < 4.78 is 5.87. The van der Waals surface area contributed by atoms with Gasteiger partial charge in [0.1, 0.15) is 0 Å². The van der Waals surface area contributed by atoms with E-state index >= 15 is 0 Å². The van der Waals surface area contributed by atoms with E-state index in [1.165, 1.54) is 0 Å². The first kappa shape index (κ1) is 12.8. The Bertz CT molecular complexity index is 390. The molecule has 0 amide bonds. The van der Waals surface area contributed by atoms with Crippen LogP contribution >= 0.6 is 11.3 Å². The van der Waals surface area contributed by atoms with Crippen LogP contribution in [0.4, 0.5) is 5.13 Å². The Morgan fingerprint density at radius 3 is 2.88 bits per heavy atom. The Labute approximate surface area is 106 Å². The molecule has 17 heavy (non-hydrogen) atoms. The average molecular weight is 256 g/mol. The van der Waals surface area contributed by atoms with Crippen molar-refractivity contribution in [3.63, 3.8) is 0 Å². The van der Waals surface area contributed by atoms with E-state index in [1.807, 2.05) is 5.38 Å². The van der Waals surface area contributed by atoms with Crippen LogP contribution in [0.1, 0.15) is 39.5 Å². The molecule has 1 aromatic heterocycles. The first-order valence-corrected chi connectivity index (χ1v) is 6.81. The van der Waals surface area contributed by atoms with Crippen LogP contribution in [-0.2, 0) is 4.74 Å². The second-order valence-electron chi connectivity index (χ2n) is 5.30. The van der Waals surface area contributed by atoms with Gasteiger partial charge in [-0.3, -0.25) is 0 Å². The molecule has 1 fully saturated rings. The van der Waals surface area contributed by atoms with Crippen LogP contribution < -0.4 is 4.90 Å². The number of rotatable bonds is 2. The Hall–Kier alpha value is -0.650. The molecule has 2 rings (SSSR count). The molecule has 1 aliphatic heterocycles. The quantitative estimate of drug-likeness (QED) is 0.881. The van der Waals surface area contributed by atoms with Gasteiger partial charge in [-0.25, -0.2) is 4.98 Å². The molecule has 0 aliphatic carbocycles. The van der Waals surface area contributed by atoms with Gasteiger partial charge in [0, 0.05) is 18.5 Å². The standard InChI is InChI=1S/C12H20N2O2S/c1-8-5-14(7-12(3,4)16-8)11-13-10(6-17-11)9(2)15/h6,8-9,15H,5,7H2,1-4H3. The Morgan fingerprint density at radius 1 is 1.65 bits per heavy atom. The minimum atomic E-state index is -0.494. The highest BCUT2D eigenvalue weighted by Gasteiger charge is 2.32. The molecule has 0 bridgehead atoms. The van der Waals surface area contributed by atoms with E-state index in [1.54, 1.807) is 18.3 Å². The van der Waals surface area contributed by atoms with Crippen molar-refractivity contribution in [2.45, 2.75) is 45.5 Å². The molecular formula is C12H20N2O2S. The van der Waals surface area contributed by atoms with E-state index in [0.29, 0.717) is 0 Å². The topological polar surface area (TPSA) is 45.6 Å². The summed E-state index contributed by atoms with van der Waals surface area (Å²) in [7, 11) is 0. The molecule has 0 saturated carbocycles. The van der Waals surface area contributed by atoms with Crippen molar-refractivity contribution >= 4 is 16.5 Å². The Morgan fingerprint density at radius 2 is 2.35 bits per heavy atom. The molecule has 0 aromatic carbocycles. The highest BCUT2D eigenvalue weighted by molar-refractivity contribution is 7.13. The fourth-order valence-electron chi connectivity index (χ4n) is 2.21. The predicted octanol–water partition coefficient (Wildman–Crippen LogP) is 2.20. The average Bonchev–Trinajstić information content (AvgIpc) is 2.62. The van der Waals surface area contributed by atoms with Gasteiger partial charge in [0.05, 0.1) is 23.5 Å². The maximum atomic E-state index is 9.49. The lowest BCUT2D eigenvalue weighted by Gasteiger charge is -2.41. The summed E-state index contributed by atoms with van der Waals surface area (Å²) >= 11 is 1.59. The van der Waals surface area contributed by atoms with Crippen molar-refractivity contribution in [1.82, 2.24) is 4.98 Å². The van der Waals surface area contributed by atoms with Crippen molar-refractivity contribution in [2.24, 2.45) is 0 Å². The van der Waals surface area contributed by atoms with Gasteiger partial charge >= 0.3 is 0 Å². The number of nitrogens with zero attached hydrogens (tertiary/aromatic N) is 2. The number of ether oxygens (including phenoxy) is 1. The zero-order valence-electron chi connectivity index (χ0n) is 10.8. The molecule has 1 saturated heterocycles. The van der Waals surface area contributed by atoms with Crippen molar-refractivity contribution in [2.75, 3.05) is 18.0 Å². The monoisotopic (exact) mass is 256 g/mol. The zero-order chi connectivity index (χ0) is 12.6. The van der Waals surface area contributed by atoms with Crippen LogP contribution in [0, 0.1) is 0 Å². The Balaban J connectivity index is 2.15. The summed E-state index contributed by atoms with van der Waals surface area (Å²) in [6.07, 6.45) is -0.288. The first-order valence-electron chi connectivity index (χ1n) is 5.93. The van der Waals surface area contributed by atoms with Gasteiger partial charge in [-0.15, -0.1) is 11.3 Å². The number of aliphatic hydroxyl groups is 1. The molecular weight excluding hydrogens is 236 g/mol. The Kier molecular flexibility index (Phi) is 3.43. The molecule has 2 unspecified atom stereocenters. The van der Waals surface area contributed by atoms with Crippen LogP contribution in [0.25, 0.3) is 0 Å². The van der Waals surface area contributed by atoms with Crippen molar-refractivity contribution in [3.8, 4) is 0 Å². The fraction of sp³-hybridized carbons (Fsp3) is 0.750. The summed E-state index contributed by atoms with van der Waals surface area (Å²) in [4.78, 5) is 6.71. The van der Waals surface area contributed by atoms with E-state index in [0.717, 1.165) is 23.9 Å². The van der Waals surface area contributed by atoms with Gasteiger partial charge in [-0.2, -0.15) is 0 Å². The van der Waals surface area contributed by atoms with E-state index < -0.39 is 6.10 Å². The number of hydrogen-bond donors (Lipinski definition) is 1. The highest BCUT2D eigenvalue weighted by atomic mass is 32.1. The molecule has 5 heteroatoms. The number of aliphatic hydroxyl groups excluding tert-OH is 1. The number of anilines is 1. The number of morpholine rings is 1. The summed E-state index contributed by atoms with van der Waals surface area (Å²) in [5.74, 6) is 0. The predicted molar refractivity (Wildman–Crippen MR) is 69.6 cm³/mol. The van der Waals surface area contributed by atoms with Gasteiger partial charge in [0.2, 0.25) is 0 Å². The maximum Gasteiger partial charge on any atom is 0.185 e. The zero-order valence-corrected chi connectivity index (χ0v) is 11.6. The van der Waals surface area contributed by atoms with Crippen molar-refractivity contribution in [3.05, 3.63) is 11.1 Å². The molecule has 4 nitrogen and oxygen atoms in total. The normalized spacial score (nSPS) is 25.9. The van der Waals surface area contributed by atoms with E-state index in [-0.39, 0.29) is 11.7 Å². The lowest BCUT2D eigenvalue weighted by Crippen LogP contribution is -2.52.